The molecule has 0 aliphatic rings. The van der Waals surface area contributed by atoms with Crippen LogP contribution in [0.25, 0.3) is 0 Å². The first kappa shape index (κ1) is 57.5. The fourth-order valence-corrected chi connectivity index (χ4v) is 6.62. The summed E-state index contributed by atoms with van der Waals surface area (Å²) in [7, 11) is -9.71. The molecule has 16 heteroatoms. The van der Waals surface area contributed by atoms with Crippen LogP contribution in [0.1, 0.15) is 162 Å². The molecular weight excluding hydrogens is 814 g/mol. The molecule has 0 fully saturated rings. The SMILES string of the molecule is CCCCCCCC/C=C\CCCCCCCC(=O)O[C@H](COC(=O)CCC/C=C\C/C=C\C/C=C\C=C\C(=O)CCCCC)COP(=O)(O)OC[C@@H](O)COP(=O)(O)O. The molecule has 0 saturated heterocycles. The number of phosphoric acid groups is 2. The molecule has 1 unspecified atom stereocenters. The van der Waals surface area contributed by atoms with Crippen LogP contribution in [0, 0.1) is 0 Å². The number of ketones is 1. The summed E-state index contributed by atoms with van der Waals surface area (Å²) < 4.78 is 47.7. The number of hydrogen-bond donors (Lipinski definition) is 4. The molecule has 0 aromatic carbocycles. The van der Waals surface area contributed by atoms with Gasteiger partial charge in [-0.05, 0) is 70.3 Å². The van der Waals surface area contributed by atoms with Crippen LogP contribution >= 0.6 is 15.6 Å². The van der Waals surface area contributed by atoms with Crippen molar-refractivity contribution in [2.24, 2.45) is 0 Å². The Morgan fingerprint density at radius 2 is 1.03 bits per heavy atom. The zero-order valence-corrected chi connectivity index (χ0v) is 38.1. The summed E-state index contributed by atoms with van der Waals surface area (Å²) in [5.41, 5.74) is 0. The quantitative estimate of drug-likeness (QED) is 0.0112. The van der Waals surface area contributed by atoms with Gasteiger partial charge in [0.15, 0.2) is 11.9 Å². The van der Waals surface area contributed by atoms with Gasteiger partial charge >= 0.3 is 27.6 Å². The van der Waals surface area contributed by atoms with Gasteiger partial charge in [-0.25, -0.2) is 9.13 Å². The zero-order valence-electron chi connectivity index (χ0n) is 36.3. The van der Waals surface area contributed by atoms with E-state index in [-0.39, 0.29) is 18.6 Å². The Morgan fingerprint density at radius 3 is 1.70 bits per heavy atom. The van der Waals surface area contributed by atoms with Crippen molar-refractivity contribution in [3.05, 3.63) is 60.8 Å². The molecule has 0 radical (unpaired) electrons. The monoisotopic (exact) mass is 890 g/mol. The number of hydrogen-bond acceptors (Lipinski definition) is 11. The molecule has 0 aromatic heterocycles. The second kappa shape index (κ2) is 39.3. The van der Waals surface area contributed by atoms with Crippen molar-refractivity contribution in [3.63, 3.8) is 0 Å². The largest absolute Gasteiger partial charge is 0.472 e. The Hall–Kier alpha value is -2.51. The average molecular weight is 891 g/mol. The Morgan fingerprint density at radius 1 is 0.533 bits per heavy atom. The van der Waals surface area contributed by atoms with Gasteiger partial charge in [-0.15, -0.1) is 0 Å². The highest BCUT2D eigenvalue weighted by Gasteiger charge is 2.28. The number of allylic oxidation sites excluding steroid dienone is 10. The molecule has 0 saturated carbocycles. The minimum absolute atomic E-state index is 0.0895. The second-order valence-electron chi connectivity index (χ2n) is 14.6. The van der Waals surface area contributed by atoms with Gasteiger partial charge in [-0.3, -0.25) is 28.0 Å². The number of aliphatic hydroxyl groups excluding tert-OH is 1. The predicted octanol–water partition coefficient (Wildman–Crippen LogP) is 10.4. The number of carbonyl (C=O) groups excluding carboxylic acids is 3. The molecule has 60 heavy (non-hydrogen) atoms. The van der Waals surface area contributed by atoms with E-state index in [1.165, 1.54) is 38.5 Å². The molecule has 4 N–H and O–H groups in total. The van der Waals surface area contributed by atoms with Crippen molar-refractivity contribution in [1.82, 2.24) is 0 Å². The van der Waals surface area contributed by atoms with E-state index in [1.807, 2.05) is 36.5 Å². The first-order valence-corrected chi connectivity index (χ1v) is 25.0. The van der Waals surface area contributed by atoms with Crippen LogP contribution in [0.3, 0.4) is 0 Å². The highest BCUT2D eigenvalue weighted by molar-refractivity contribution is 7.47. The lowest BCUT2D eigenvalue weighted by Crippen LogP contribution is -2.30. The van der Waals surface area contributed by atoms with Crippen LogP contribution in [-0.4, -0.2) is 76.1 Å². The van der Waals surface area contributed by atoms with Crippen molar-refractivity contribution >= 4 is 33.4 Å². The van der Waals surface area contributed by atoms with E-state index in [9.17, 15) is 33.5 Å². The first-order valence-electron chi connectivity index (χ1n) is 21.9. The van der Waals surface area contributed by atoms with Crippen molar-refractivity contribution in [2.45, 2.75) is 174 Å². The first-order chi connectivity index (χ1) is 28.8. The molecule has 0 rings (SSSR count). The Labute approximate surface area is 359 Å². The van der Waals surface area contributed by atoms with Crippen LogP contribution in [-0.2, 0) is 46.6 Å². The highest BCUT2D eigenvalue weighted by atomic mass is 31.2. The van der Waals surface area contributed by atoms with Gasteiger partial charge in [0, 0.05) is 19.3 Å². The smallest absolute Gasteiger partial charge is 0.462 e. The molecule has 0 aromatic rings. The topological polar surface area (TPSA) is 212 Å². The molecule has 14 nitrogen and oxygen atoms in total. The van der Waals surface area contributed by atoms with Gasteiger partial charge in [0.25, 0.3) is 0 Å². The fraction of sp³-hybridized carbons (Fsp3) is 0.705. The summed E-state index contributed by atoms with van der Waals surface area (Å²) in [6, 6.07) is 0. The van der Waals surface area contributed by atoms with Gasteiger partial charge in [-0.2, -0.15) is 0 Å². The van der Waals surface area contributed by atoms with E-state index in [0.717, 1.165) is 70.6 Å². The normalized spacial score (nSPS) is 14.5. The maximum Gasteiger partial charge on any atom is 0.472 e. The van der Waals surface area contributed by atoms with Crippen molar-refractivity contribution < 1.29 is 66.3 Å². The van der Waals surface area contributed by atoms with Gasteiger partial charge < -0.3 is 29.3 Å². The molecule has 0 heterocycles. The minimum Gasteiger partial charge on any atom is -0.462 e. The second-order valence-corrected chi connectivity index (χ2v) is 17.3. The summed E-state index contributed by atoms with van der Waals surface area (Å²) in [6.45, 7) is 1.50. The third-order valence-corrected chi connectivity index (χ3v) is 10.3. The zero-order chi connectivity index (χ0) is 44.6. The summed E-state index contributed by atoms with van der Waals surface area (Å²) in [4.78, 5) is 64.4. The number of phosphoric ester groups is 2. The lowest BCUT2D eigenvalue weighted by molar-refractivity contribution is -0.161. The fourth-order valence-electron chi connectivity index (χ4n) is 5.47. The number of carbonyl (C=O) groups is 3. The van der Waals surface area contributed by atoms with Crippen molar-refractivity contribution in [3.8, 4) is 0 Å². The lowest BCUT2D eigenvalue weighted by atomic mass is 10.1. The average Bonchev–Trinajstić information content (AvgIpc) is 3.20. The molecule has 0 bridgehead atoms. The van der Waals surface area contributed by atoms with Gasteiger partial charge in [0.2, 0.25) is 0 Å². The third-order valence-electron chi connectivity index (χ3n) is 8.85. The number of aliphatic hydroxyl groups is 1. The molecule has 346 valence electrons. The lowest BCUT2D eigenvalue weighted by Gasteiger charge is -2.20. The molecular formula is C44H76O14P2. The van der Waals surface area contributed by atoms with E-state index in [2.05, 4.69) is 35.0 Å². The van der Waals surface area contributed by atoms with Crippen LogP contribution in [0.15, 0.2) is 60.8 Å². The maximum absolute atomic E-state index is 12.7. The molecule has 0 spiro atoms. The van der Waals surface area contributed by atoms with Crippen LogP contribution in [0.5, 0.6) is 0 Å². The summed E-state index contributed by atoms with van der Waals surface area (Å²) in [5, 5.41) is 9.74. The van der Waals surface area contributed by atoms with Crippen molar-refractivity contribution in [1.29, 1.82) is 0 Å². The number of unbranched alkanes of at least 4 members (excludes halogenated alkanes) is 14. The highest BCUT2D eigenvalue weighted by Crippen LogP contribution is 2.43. The molecule has 0 aliphatic carbocycles. The summed E-state index contributed by atoms with van der Waals surface area (Å²) >= 11 is 0. The number of ether oxygens (including phenoxy) is 2. The summed E-state index contributed by atoms with van der Waals surface area (Å²) in [6.07, 6.45) is 37.7. The van der Waals surface area contributed by atoms with Gasteiger partial charge in [0.05, 0.1) is 19.8 Å². The number of rotatable bonds is 41. The Kier molecular flexibility index (Phi) is 37.7. The third kappa shape index (κ3) is 42.2. The standard InChI is InChI=1S/C44H76O14P2/c1-3-5-7-8-9-10-11-12-13-14-17-21-24-27-31-35-44(48)58-42(39-57-60(52,53)56-37-41(46)36-55-59(49,50)51)38-54-43(47)34-30-26-23-20-18-15-16-19-22-25-29-33-40(45)32-28-6-4-2/h12-13,15-16,20,22-23,25,29,33,41-42,46H,3-11,14,17-19,21,24,26-28,30-32,34-39H2,1-2H3,(H,52,53)(H2,49,50,51)/b13-12-,16-15-,23-20-,25-22-,33-29+/t41-,42+/m0/s1. The van der Waals surface area contributed by atoms with Crippen LogP contribution in [0.2, 0.25) is 0 Å². The van der Waals surface area contributed by atoms with Crippen molar-refractivity contribution in [2.75, 3.05) is 26.4 Å². The van der Waals surface area contributed by atoms with E-state index < -0.39 is 66.2 Å². The predicted molar refractivity (Wildman–Crippen MR) is 235 cm³/mol. The summed E-state index contributed by atoms with van der Waals surface area (Å²) in [5.74, 6) is -0.998. The van der Waals surface area contributed by atoms with Gasteiger partial charge in [0.1, 0.15) is 12.7 Å². The van der Waals surface area contributed by atoms with Crippen LogP contribution < -0.4 is 0 Å². The Bertz CT molecular complexity index is 1350. The maximum atomic E-state index is 12.7. The van der Waals surface area contributed by atoms with Gasteiger partial charge in [-0.1, -0.05) is 133 Å². The molecule has 0 aliphatic heterocycles. The van der Waals surface area contributed by atoms with E-state index in [0.29, 0.717) is 25.7 Å². The van der Waals surface area contributed by atoms with E-state index >= 15 is 0 Å². The molecule has 0 amide bonds. The van der Waals surface area contributed by atoms with E-state index in [4.69, 9.17) is 23.8 Å². The Balaban J connectivity index is 4.66. The van der Waals surface area contributed by atoms with Crippen LogP contribution in [0.4, 0.5) is 0 Å². The number of esters is 2. The minimum atomic E-state index is -4.88. The molecule has 3 atom stereocenters. The van der Waals surface area contributed by atoms with E-state index in [1.54, 1.807) is 12.2 Å².